The lowest BCUT2D eigenvalue weighted by Crippen LogP contribution is -2.18. The number of carbonyl (C=O) groups is 2. The highest BCUT2D eigenvalue weighted by atomic mass is 31.0. The number of para-hydroxylation sites is 8. The second-order valence-electron chi connectivity index (χ2n) is 8.61. The SMILES string of the molecule is C.C.C.C.C.C.C.C.NC(N)=O.NC(N)=O.Nc1ccccc1N.Nc1ccccc1NP.O=c1[nH]c2ccccc2[nH]1.O=c1[nH]c2ccccc2n1P. The molecule has 2 aromatic heterocycles. The molecule has 4 amide bonds. The first-order valence-corrected chi connectivity index (χ1v) is 14.0. The molecule has 0 fully saturated rings. The first-order chi connectivity index (χ1) is 21.8. The summed E-state index contributed by atoms with van der Waals surface area (Å²) in [6.07, 6.45) is 0. The summed E-state index contributed by atoms with van der Waals surface area (Å²) in [5.41, 5.74) is 39.6. The number of nitrogens with two attached hydrogens (primary N) is 7. The van der Waals surface area contributed by atoms with E-state index < -0.39 is 12.1 Å². The predicted octanol–water partition coefficient (Wildman–Crippen LogP) is 7.28. The molecule has 308 valence electrons. The number of fused-ring (bicyclic) bond motifs is 2. The van der Waals surface area contributed by atoms with Crippen LogP contribution in [0.2, 0.25) is 0 Å². The maximum atomic E-state index is 11.0. The summed E-state index contributed by atoms with van der Waals surface area (Å²) in [6, 6.07) is 28.2. The lowest BCUT2D eigenvalue weighted by atomic mass is 10.3. The summed E-state index contributed by atoms with van der Waals surface area (Å²) >= 11 is 0. The van der Waals surface area contributed by atoms with Gasteiger partial charge in [0.2, 0.25) is 0 Å². The van der Waals surface area contributed by atoms with E-state index in [9.17, 15) is 9.59 Å². The van der Waals surface area contributed by atoms with E-state index in [0.717, 1.165) is 33.4 Å². The first-order valence-electron chi connectivity index (χ1n) is 12.9. The number of aromatic amines is 3. The van der Waals surface area contributed by atoms with Crippen molar-refractivity contribution in [3.05, 3.63) is 118 Å². The molecule has 2 atom stereocenters. The molecule has 0 spiro atoms. The molecule has 16 nitrogen and oxygen atoms in total. The summed E-state index contributed by atoms with van der Waals surface area (Å²) in [7, 11) is 4.76. The minimum Gasteiger partial charge on any atom is -0.397 e. The Kier molecular flexibility index (Phi) is 43.5. The zero-order valence-corrected chi connectivity index (χ0v) is 26.8. The highest BCUT2D eigenvalue weighted by Crippen LogP contribution is 2.17. The summed E-state index contributed by atoms with van der Waals surface area (Å²) in [6.45, 7) is 0. The number of imidazole rings is 2. The van der Waals surface area contributed by atoms with Crippen LogP contribution in [0.5, 0.6) is 0 Å². The molecule has 2 unspecified atom stereocenters. The van der Waals surface area contributed by atoms with Gasteiger partial charge in [-0.15, -0.1) is 0 Å². The van der Waals surface area contributed by atoms with Gasteiger partial charge in [0.25, 0.3) is 0 Å². The van der Waals surface area contributed by atoms with E-state index in [2.05, 4.69) is 61.8 Å². The summed E-state index contributed by atoms with van der Waals surface area (Å²) in [5, 5.41) is 2.89. The van der Waals surface area contributed by atoms with Crippen molar-refractivity contribution in [2.45, 2.75) is 59.4 Å². The number of nitrogens with zero attached hydrogens (tertiary/aromatic N) is 1. The zero-order valence-electron chi connectivity index (χ0n) is 24.5. The number of hydrogen-bond donors (Lipinski definition) is 11. The third-order valence-corrected chi connectivity index (χ3v) is 5.98. The van der Waals surface area contributed by atoms with Gasteiger partial charge in [0.05, 0.1) is 44.8 Å². The normalized spacial score (nSPS) is 7.81. The second-order valence-corrected chi connectivity index (χ2v) is 9.41. The molecule has 54 heavy (non-hydrogen) atoms. The number of primary amides is 4. The molecule has 4 aromatic carbocycles. The highest BCUT2D eigenvalue weighted by Gasteiger charge is 1.99. The van der Waals surface area contributed by atoms with Crippen molar-refractivity contribution >= 4 is 75.7 Å². The van der Waals surface area contributed by atoms with Crippen LogP contribution in [0, 0.1) is 0 Å². The number of benzene rings is 4. The molecule has 0 radical (unpaired) electrons. The Morgan fingerprint density at radius 3 is 1.15 bits per heavy atom. The van der Waals surface area contributed by atoms with Gasteiger partial charge in [-0.3, -0.25) is 4.34 Å². The minimum absolute atomic E-state index is 0. The Bertz CT molecular complexity index is 1860. The number of nitrogens with one attached hydrogen (secondary N) is 4. The number of aromatic nitrogens is 4. The highest BCUT2D eigenvalue weighted by molar-refractivity contribution is 7.18. The average Bonchev–Trinajstić information content (AvgIpc) is 3.53. The topological polar surface area (TPSA) is 315 Å². The van der Waals surface area contributed by atoms with Crippen molar-refractivity contribution in [1.29, 1.82) is 0 Å². The number of urea groups is 2. The minimum atomic E-state index is -0.833. The first kappa shape index (κ1) is 66.3. The maximum absolute atomic E-state index is 11.0. The smallest absolute Gasteiger partial charge is 0.329 e. The lowest BCUT2D eigenvalue weighted by molar-refractivity contribution is 0.255. The number of rotatable bonds is 1. The Balaban J connectivity index is -0.0000000784. The Morgan fingerprint density at radius 2 is 0.833 bits per heavy atom. The molecule has 18 N–H and O–H groups in total. The number of carbonyl (C=O) groups excluding carboxylic acids is 2. The standard InChI is InChI=1S/C7H7N2OP.C7H6N2O.C6H9N2P.C6H8N2.2CH4N2O.8CH4/c10-7-8-5-3-1-2-4-6(5)9(7)11;10-7-8-5-3-1-2-4-6(5)9-7;7-5-3-1-2-4-6(5)8-9;7-5-3-1-2-4-6(5)8;2*2-1(3)4;;;;;;;;/h1-4H,11H2,(H,8,10);1-4H,(H2,8,9,10);1-4,8H,7,9H2;1-4H,7-8H2;2*(H4,2,3,4);8*1H4. The molecule has 6 rings (SSSR count). The third-order valence-electron chi connectivity index (χ3n) is 5.16. The predicted molar refractivity (Wildman–Crippen MR) is 247 cm³/mol. The fourth-order valence-corrected chi connectivity index (χ4v) is 3.74. The molecule has 0 saturated heterocycles. The maximum Gasteiger partial charge on any atom is 0.329 e. The van der Waals surface area contributed by atoms with Gasteiger partial charge in [0.1, 0.15) is 0 Å². The van der Waals surface area contributed by atoms with Gasteiger partial charge in [-0.05, 0) is 67.3 Å². The average molecular weight is 797 g/mol. The number of nitrogen functional groups attached to an aromatic ring is 3. The molecule has 0 aliphatic heterocycles. The molecule has 0 aliphatic rings. The Labute approximate surface area is 326 Å². The number of anilines is 4. The van der Waals surface area contributed by atoms with Crippen molar-refractivity contribution in [3.63, 3.8) is 0 Å². The van der Waals surface area contributed by atoms with E-state index in [4.69, 9.17) is 26.8 Å². The van der Waals surface area contributed by atoms with E-state index >= 15 is 0 Å². The molecule has 18 heteroatoms. The second kappa shape index (κ2) is 35.4. The van der Waals surface area contributed by atoms with Crippen LogP contribution in [0.4, 0.5) is 32.3 Å². The summed E-state index contributed by atoms with van der Waals surface area (Å²) < 4.78 is 1.51. The fraction of sp³-hybridized carbons (Fsp3) is 0.222. The number of hydrogen-bond acceptors (Lipinski definition) is 8. The van der Waals surface area contributed by atoms with E-state index in [1.165, 1.54) is 4.34 Å². The van der Waals surface area contributed by atoms with E-state index in [1.54, 1.807) is 12.1 Å². The molecule has 0 saturated carbocycles. The van der Waals surface area contributed by atoms with E-state index in [-0.39, 0.29) is 70.8 Å². The van der Waals surface area contributed by atoms with Crippen LogP contribution < -0.4 is 56.6 Å². The van der Waals surface area contributed by atoms with Crippen LogP contribution in [-0.4, -0.2) is 31.4 Å². The molecule has 2 heterocycles. The molecule has 0 bridgehead atoms. The van der Waals surface area contributed by atoms with Gasteiger partial charge < -0.3 is 60.2 Å². The van der Waals surface area contributed by atoms with Crippen LogP contribution in [0.3, 0.4) is 0 Å². The molecular formula is C36H70N12O4P2. The van der Waals surface area contributed by atoms with Gasteiger partial charge in [-0.1, -0.05) is 108 Å². The van der Waals surface area contributed by atoms with Crippen LogP contribution in [0.1, 0.15) is 59.4 Å². The summed E-state index contributed by atoms with van der Waals surface area (Å²) in [5.74, 6) is 0. The monoisotopic (exact) mass is 797 g/mol. The van der Waals surface area contributed by atoms with Crippen molar-refractivity contribution in [2.24, 2.45) is 22.9 Å². The van der Waals surface area contributed by atoms with Gasteiger partial charge in [-0.25, -0.2) is 19.2 Å². The number of H-pyrrole nitrogens is 3. The number of amides is 4. The zero-order chi connectivity index (χ0) is 34.6. The van der Waals surface area contributed by atoms with Crippen molar-refractivity contribution in [3.8, 4) is 0 Å². The van der Waals surface area contributed by atoms with Crippen molar-refractivity contribution in [1.82, 2.24) is 19.3 Å². The van der Waals surface area contributed by atoms with E-state index in [1.807, 2.05) is 84.9 Å². The van der Waals surface area contributed by atoms with Crippen molar-refractivity contribution in [2.75, 3.05) is 22.3 Å². The Hall–Kier alpha value is -5.98. The van der Waals surface area contributed by atoms with Crippen LogP contribution in [0.15, 0.2) is 107 Å². The largest absolute Gasteiger partial charge is 0.397 e. The van der Waals surface area contributed by atoms with E-state index in [0.29, 0.717) is 11.4 Å². The quantitative estimate of drug-likeness (QED) is 0.0591. The lowest BCUT2D eigenvalue weighted by Gasteiger charge is -2.00. The fourth-order valence-electron chi connectivity index (χ4n) is 3.19. The summed E-state index contributed by atoms with van der Waals surface area (Å²) in [4.78, 5) is 47.7. The van der Waals surface area contributed by atoms with Gasteiger partial charge >= 0.3 is 23.4 Å². The van der Waals surface area contributed by atoms with Crippen molar-refractivity contribution < 1.29 is 9.59 Å². The Morgan fingerprint density at radius 1 is 0.519 bits per heavy atom. The molecular weight excluding hydrogens is 726 g/mol. The molecule has 6 aromatic rings. The van der Waals surface area contributed by atoms with Gasteiger partial charge in [0.15, 0.2) is 0 Å². The van der Waals surface area contributed by atoms with Crippen LogP contribution >= 0.6 is 18.8 Å². The van der Waals surface area contributed by atoms with Crippen LogP contribution in [0.25, 0.3) is 22.1 Å². The third kappa shape index (κ3) is 25.9. The van der Waals surface area contributed by atoms with Gasteiger partial charge in [-0.2, -0.15) is 0 Å². The molecule has 0 aliphatic carbocycles. The van der Waals surface area contributed by atoms with Crippen LogP contribution in [-0.2, 0) is 0 Å². The van der Waals surface area contributed by atoms with Gasteiger partial charge in [0, 0.05) is 0 Å².